The number of aryl methyl sites for hydroxylation is 2. The number of hydrogen-bond acceptors (Lipinski definition) is 16. The second-order valence-corrected chi connectivity index (χ2v) is 23.2. The predicted octanol–water partition coefficient (Wildman–Crippen LogP) is 14.3. The van der Waals surface area contributed by atoms with Gasteiger partial charge in [0, 0.05) is 95.3 Å². The summed E-state index contributed by atoms with van der Waals surface area (Å²) in [7, 11) is 0. The average molecular weight is 1190 g/mol. The van der Waals surface area contributed by atoms with Gasteiger partial charge < -0.3 is 42.1 Å². The van der Waals surface area contributed by atoms with Crippen LogP contribution in [0, 0.1) is 36.5 Å². The molecule has 16 nitrogen and oxygen atoms in total. The summed E-state index contributed by atoms with van der Waals surface area (Å²) >= 11 is 6.27. The maximum atomic E-state index is 13.1. The van der Waals surface area contributed by atoms with Crippen molar-refractivity contribution >= 4 is 85.2 Å². The highest BCUT2D eigenvalue weighted by Crippen LogP contribution is 2.39. The minimum absolute atomic E-state index is 0.0361. The van der Waals surface area contributed by atoms with E-state index in [0.717, 1.165) is 121 Å². The number of para-hydroxylation sites is 2. The van der Waals surface area contributed by atoms with Gasteiger partial charge in [-0.15, -0.1) is 0 Å². The van der Waals surface area contributed by atoms with Gasteiger partial charge in [0.15, 0.2) is 5.82 Å². The Balaban J connectivity index is 0.000000184. The Morgan fingerprint density at radius 3 is 1.42 bits per heavy atom. The summed E-state index contributed by atoms with van der Waals surface area (Å²) in [6.45, 7) is 20.2. The van der Waals surface area contributed by atoms with E-state index in [-0.39, 0.29) is 23.0 Å². The molecular formula is C62H67ClF6N16. The summed E-state index contributed by atoms with van der Waals surface area (Å²) in [6.07, 6.45) is -2.90. The molecule has 0 atom stereocenters. The van der Waals surface area contributed by atoms with Crippen LogP contribution in [0.3, 0.4) is 0 Å². The molecule has 0 aliphatic carbocycles. The Bertz CT molecular complexity index is 3740. The number of nitrogens with zero attached hydrogens (tertiary/aromatic N) is 10. The van der Waals surface area contributed by atoms with E-state index in [9.17, 15) is 36.9 Å². The van der Waals surface area contributed by atoms with Crippen LogP contribution >= 0.6 is 11.6 Å². The summed E-state index contributed by atoms with van der Waals surface area (Å²) < 4.78 is 76.7. The molecule has 2 aliphatic heterocycles. The highest BCUT2D eigenvalue weighted by atomic mass is 35.5. The number of nitrogens with two attached hydrogens (primary N) is 1. The molecule has 0 amide bonds. The van der Waals surface area contributed by atoms with Gasteiger partial charge in [0.1, 0.15) is 39.8 Å². The van der Waals surface area contributed by atoms with Gasteiger partial charge in [-0.1, -0.05) is 48.0 Å². The van der Waals surface area contributed by atoms with Crippen molar-refractivity contribution in [3.8, 4) is 12.1 Å². The van der Waals surface area contributed by atoms with Crippen LogP contribution in [0.2, 0.25) is 5.15 Å². The number of nitrogens with one attached hydrogen (secondary N) is 5. The molecule has 85 heavy (non-hydrogen) atoms. The normalized spacial score (nSPS) is 14.4. The molecule has 444 valence electrons. The third-order valence-corrected chi connectivity index (χ3v) is 14.2. The third-order valence-electron chi connectivity index (χ3n) is 13.9. The number of aromatic nitrogens is 6. The fraction of sp³-hybridized carbons (Fsp3) is 0.355. The van der Waals surface area contributed by atoms with E-state index in [4.69, 9.17) is 22.3 Å². The second kappa shape index (κ2) is 26.1. The molecule has 2 fully saturated rings. The van der Waals surface area contributed by atoms with E-state index in [2.05, 4.69) is 115 Å². The van der Waals surface area contributed by atoms with E-state index in [0.29, 0.717) is 56.9 Å². The van der Waals surface area contributed by atoms with E-state index in [1.807, 2.05) is 61.5 Å². The minimum Gasteiger partial charge on any atom is -0.399 e. The summed E-state index contributed by atoms with van der Waals surface area (Å²) in [6, 6.07) is 33.3. The van der Waals surface area contributed by atoms with Gasteiger partial charge in [-0.25, -0.2) is 29.9 Å². The van der Waals surface area contributed by atoms with Crippen molar-refractivity contribution in [3.05, 3.63) is 148 Å². The highest BCUT2D eigenvalue weighted by Gasteiger charge is 2.34. The van der Waals surface area contributed by atoms with Gasteiger partial charge in [-0.2, -0.15) is 36.9 Å². The number of halogens is 7. The SMILES string of the molecule is CC(C)(C)NC1CCN(c2c(C#N)c(Cl)nc3ccccc23)CC1.Cc1cc(N)ccc1Nc1nccc(C(F)(F)F)n1.Cc1cc(Nc2nc3ccccc3c(N3CCC(NC(C)(C)C)CC3)c2C#N)ccc1Nc1nccc(C(F)(F)F)n1. The molecule has 2 aliphatic rings. The van der Waals surface area contributed by atoms with Crippen LogP contribution < -0.4 is 42.1 Å². The molecule has 23 heteroatoms. The van der Waals surface area contributed by atoms with Gasteiger partial charge in [0.25, 0.3) is 0 Å². The average Bonchev–Trinajstić information content (AvgIpc) is 1.63. The lowest BCUT2D eigenvalue weighted by Crippen LogP contribution is -2.49. The zero-order chi connectivity index (χ0) is 61.4. The number of anilines is 9. The van der Waals surface area contributed by atoms with Crippen molar-refractivity contribution in [2.45, 2.75) is 117 Å². The van der Waals surface area contributed by atoms with E-state index < -0.39 is 23.7 Å². The number of alkyl halides is 6. The summed E-state index contributed by atoms with van der Waals surface area (Å²) in [4.78, 5) is 28.4. The molecule has 10 rings (SSSR count). The first kappa shape index (κ1) is 62.5. The standard InChI is InChI=1S/C31H33F3N8.C19H23ClN4.C12H11F3N4/c1-19-17-21(9-10-24(19)39-29-36-14-11-26(40-29)31(32,33)34)37-28-23(18-35)27(22-7-5-6-8-25(22)38-28)42-15-12-20(13-16-42)41-30(2,3)4;1-19(2,3)23-13-8-10-24(11-9-13)17-14-6-4-5-7-16(14)22-18(20)15(17)12-21;1-7-6-8(16)2-3-9(7)18-11-17-5-4-10(19-11)12(13,14)15/h5-11,14,17,20,41H,12-13,15-16H2,1-4H3,(H,37,38)(H,36,39,40);4-7,13,23H,8-11H2,1-3H3;2-6H,16H2,1H3,(H,17,18,19). The van der Waals surface area contributed by atoms with Gasteiger partial charge in [-0.05, 0) is 153 Å². The van der Waals surface area contributed by atoms with Gasteiger partial charge in [0.05, 0.1) is 22.4 Å². The van der Waals surface area contributed by atoms with Crippen molar-refractivity contribution in [2.24, 2.45) is 0 Å². The molecular weight excluding hydrogens is 1120 g/mol. The van der Waals surface area contributed by atoms with Crippen molar-refractivity contribution < 1.29 is 26.3 Å². The smallest absolute Gasteiger partial charge is 0.399 e. The van der Waals surface area contributed by atoms with Crippen LogP contribution in [-0.2, 0) is 12.4 Å². The number of fused-ring (bicyclic) bond motifs is 2. The molecule has 4 aromatic carbocycles. The van der Waals surface area contributed by atoms with Crippen molar-refractivity contribution in [3.63, 3.8) is 0 Å². The number of nitrogen functional groups attached to an aromatic ring is 1. The second-order valence-electron chi connectivity index (χ2n) is 22.9. The Labute approximate surface area is 495 Å². The topological polar surface area (TPSA) is 218 Å². The molecule has 0 unspecified atom stereocenters. The van der Waals surface area contributed by atoms with Crippen LogP contribution in [0.25, 0.3) is 21.8 Å². The zero-order valence-corrected chi connectivity index (χ0v) is 49.2. The van der Waals surface area contributed by atoms with Gasteiger partial charge in [-0.3, -0.25) is 0 Å². The number of hydrogen-bond donors (Lipinski definition) is 6. The predicted molar refractivity (Wildman–Crippen MR) is 325 cm³/mol. The van der Waals surface area contributed by atoms with Crippen LogP contribution in [0.5, 0.6) is 0 Å². The molecule has 2 saturated heterocycles. The lowest BCUT2D eigenvalue weighted by atomic mass is 9.98. The Kier molecular flexibility index (Phi) is 19.2. The summed E-state index contributed by atoms with van der Waals surface area (Å²) in [5.41, 5.74) is 12.1. The van der Waals surface area contributed by atoms with Crippen molar-refractivity contribution in [1.29, 1.82) is 10.5 Å². The van der Waals surface area contributed by atoms with Crippen molar-refractivity contribution in [2.75, 3.05) is 57.7 Å². The van der Waals surface area contributed by atoms with E-state index in [1.54, 1.807) is 37.3 Å². The van der Waals surface area contributed by atoms with Crippen molar-refractivity contribution in [1.82, 2.24) is 40.5 Å². The fourth-order valence-corrected chi connectivity index (χ4v) is 10.5. The zero-order valence-electron chi connectivity index (χ0n) is 48.4. The Morgan fingerprint density at radius 2 is 0.988 bits per heavy atom. The van der Waals surface area contributed by atoms with Crippen LogP contribution in [0.4, 0.5) is 78.2 Å². The minimum atomic E-state index is -4.56. The number of piperidine rings is 2. The summed E-state index contributed by atoms with van der Waals surface area (Å²) in [5, 5.41) is 38.4. The first-order valence-corrected chi connectivity index (χ1v) is 28.0. The third kappa shape index (κ3) is 16.4. The highest BCUT2D eigenvalue weighted by molar-refractivity contribution is 6.31. The lowest BCUT2D eigenvalue weighted by Gasteiger charge is -2.38. The maximum absolute atomic E-state index is 13.1. The monoisotopic (exact) mass is 1180 g/mol. The molecule has 0 spiro atoms. The first-order chi connectivity index (χ1) is 40.2. The molecule has 6 heterocycles. The molecule has 4 aromatic heterocycles. The molecule has 8 aromatic rings. The number of nitriles is 2. The molecule has 0 saturated carbocycles. The summed E-state index contributed by atoms with van der Waals surface area (Å²) in [5.74, 6) is 0.188. The Hall–Kier alpha value is -8.57. The van der Waals surface area contributed by atoms with Crippen LogP contribution in [-0.4, -0.2) is 79.2 Å². The van der Waals surface area contributed by atoms with E-state index >= 15 is 0 Å². The van der Waals surface area contributed by atoms with Gasteiger partial charge in [0.2, 0.25) is 11.9 Å². The molecule has 0 radical (unpaired) electrons. The van der Waals surface area contributed by atoms with Crippen LogP contribution in [0.15, 0.2) is 109 Å². The Morgan fingerprint density at radius 1 is 0.553 bits per heavy atom. The van der Waals surface area contributed by atoms with Crippen LogP contribution in [0.1, 0.15) is 101 Å². The number of pyridine rings is 2. The fourth-order valence-electron chi connectivity index (χ4n) is 10.3. The van der Waals surface area contributed by atoms with Gasteiger partial charge >= 0.3 is 12.4 Å². The maximum Gasteiger partial charge on any atom is 0.433 e. The quantitative estimate of drug-likeness (QED) is 0.0426. The number of rotatable bonds is 10. The van der Waals surface area contributed by atoms with E-state index in [1.165, 1.54) is 0 Å². The number of benzene rings is 4. The molecule has 7 N–H and O–H groups in total. The largest absolute Gasteiger partial charge is 0.433 e. The lowest BCUT2D eigenvalue weighted by molar-refractivity contribution is -0.141. The molecule has 0 bridgehead atoms. The first-order valence-electron chi connectivity index (χ1n) is 27.6.